The number of hydrogen-bond acceptors (Lipinski definition) is 4. The number of ether oxygens (including phenoxy) is 1. The lowest BCUT2D eigenvalue weighted by atomic mass is 10.1. The second-order valence-electron chi connectivity index (χ2n) is 4.66. The van der Waals surface area contributed by atoms with Crippen LogP contribution < -0.4 is 10.2 Å². The van der Waals surface area contributed by atoms with Gasteiger partial charge in [-0.25, -0.2) is 5.43 Å². The molecule has 0 aliphatic heterocycles. The first-order chi connectivity index (χ1) is 10.2. The van der Waals surface area contributed by atoms with E-state index in [2.05, 4.69) is 10.5 Å². The van der Waals surface area contributed by atoms with Crippen LogP contribution in [0.4, 0.5) is 0 Å². The molecule has 0 bridgehead atoms. The van der Waals surface area contributed by atoms with Crippen LogP contribution in [0.2, 0.25) is 0 Å². The third-order valence-corrected chi connectivity index (χ3v) is 3.78. The van der Waals surface area contributed by atoms with Gasteiger partial charge in [0.2, 0.25) is 5.91 Å². The highest BCUT2D eigenvalue weighted by atomic mass is 32.1. The number of hydrazone groups is 1. The second kappa shape index (κ2) is 7.59. The van der Waals surface area contributed by atoms with Gasteiger partial charge < -0.3 is 4.74 Å². The number of methoxy groups -OCH3 is 1. The highest BCUT2D eigenvalue weighted by molar-refractivity contribution is 7.10. The van der Waals surface area contributed by atoms with Gasteiger partial charge >= 0.3 is 0 Å². The van der Waals surface area contributed by atoms with E-state index in [0.717, 1.165) is 21.9 Å². The fraction of sp³-hybridized carbons (Fsp3) is 0.250. The van der Waals surface area contributed by atoms with Crippen molar-refractivity contribution >= 4 is 23.0 Å². The number of carbonyl (C=O) groups excluding carboxylic acids is 1. The molecule has 0 saturated carbocycles. The molecule has 0 aliphatic rings. The topological polar surface area (TPSA) is 50.7 Å². The van der Waals surface area contributed by atoms with Crippen molar-refractivity contribution in [2.24, 2.45) is 5.10 Å². The molecule has 1 aromatic carbocycles. The van der Waals surface area contributed by atoms with Gasteiger partial charge in [0.25, 0.3) is 0 Å². The van der Waals surface area contributed by atoms with Crippen LogP contribution in [0, 0.1) is 0 Å². The van der Waals surface area contributed by atoms with E-state index in [1.165, 1.54) is 0 Å². The van der Waals surface area contributed by atoms with Crippen LogP contribution in [-0.4, -0.2) is 18.7 Å². The number of nitrogens with one attached hydrogen (secondary N) is 1. The summed E-state index contributed by atoms with van der Waals surface area (Å²) in [4.78, 5) is 12.8. The third kappa shape index (κ3) is 5.04. The molecule has 0 saturated heterocycles. The van der Waals surface area contributed by atoms with Crippen LogP contribution in [0.5, 0.6) is 5.75 Å². The Bertz CT molecular complexity index is 604. The van der Waals surface area contributed by atoms with Crippen LogP contribution in [0.15, 0.2) is 46.9 Å². The summed E-state index contributed by atoms with van der Waals surface area (Å²) in [7, 11) is 1.64. The molecule has 4 nitrogen and oxygen atoms in total. The lowest BCUT2D eigenvalue weighted by molar-refractivity contribution is -0.120. The molecule has 1 heterocycles. The van der Waals surface area contributed by atoms with Gasteiger partial charge in [0.15, 0.2) is 0 Å². The molecule has 1 N–H and O–H groups in total. The van der Waals surface area contributed by atoms with Gasteiger partial charge in [0.05, 0.1) is 13.5 Å². The van der Waals surface area contributed by atoms with Crippen LogP contribution in [0.1, 0.15) is 17.4 Å². The summed E-state index contributed by atoms with van der Waals surface area (Å²) in [5, 5.41) is 6.09. The molecule has 0 unspecified atom stereocenters. The molecule has 0 radical (unpaired) electrons. The molecule has 2 aromatic rings. The quantitative estimate of drug-likeness (QED) is 0.658. The molecule has 110 valence electrons. The standard InChI is InChI=1S/C16H18N2O2S/c1-12(10-13-5-7-14(20-2)8-6-13)17-18-16(19)11-15-4-3-9-21-15/h3-9H,10-11H2,1-2H3,(H,18,19)/b17-12-. The second-order valence-corrected chi connectivity index (χ2v) is 5.70. The Kier molecular flexibility index (Phi) is 5.51. The van der Waals surface area contributed by atoms with Crippen molar-refractivity contribution in [2.45, 2.75) is 19.8 Å². The van der Waals surface area contributed by atoms with Crippen LogP contribution >= 0.6 is 11.3 Å². The van der Waals surface area contributed by atoms with Crippen LogP contribution in [0.25, 0.3) is 0 Å². The Morgan fingerprint density at radius 3 is 2.62 bits per heavy atom. The fourth-order valence-electron chi connectivity index (χ4n) is 1.85. The predicted octanol–water partition coefficient (Wildman–Crippen LogP) is 3.03. The minimum absolute atomic E-state index is 0.0912. The van der Waals surface area contributed by atoms with Gasteiger partial charge in [0, 0.05) is 17.0 Å². The molecular formula is C16H18N2O2S. The maximum atomic E-state index is 11.7. The zero-order valence-electron chi connectivity index (χ0n) is 12.1. The van der Waals surface area contributed by atoms with E-state index in [0.29, 0.717) is 12.8 Å². The normalized spacial score (nSPS) is 11.2. The maximum Gasteiger partial charge on any atom is 0.245 e. The molecule has 2 rings (SSSR count). The van der Waals surface area contributed by atoms with E-state index >= 15 is 0 Å². The average molecular weight is 302 g/mol. The van der Waals surface area contributed by atoms with Crippen molar-refractivity contribution in [3.63, 3.8) is 0 Å². The summed E-state index contributed by atoms with van der Waals surface area (Å²) in [5.74, 6) is 0.740. The van der Waals surface area contributed by atoms with E-state index in [9.17, 15) is 4.79 Å². The summed E-state index contributed by atoms with van der Waals surface area (Å²) in [6, 6.07) is 11.7. The Hall–Kier alpha value is -2.14. The number of thiophene rings is 1. The van der Waals surface area contributed by atoms with Crippen molar-refractivity contribution in [1.29, 1.82) is 0 Å². The molecule has 1 amide bonds. The van der Waals surface area contributed by atoms with Gasteiger partial charge in [-0.1, -0.05) is 18.2 Å². The first kappa shape index (κ1) is 15.3. The van der Waals surface area contributed by atoms with Gasteiger partial charge in [-0.05, 0) is 36.1 Å². The summed E-state index contributed by atoms with van der Waals surface area (Å²) in [6.07, 6.45) is 1.07. The van der Waals surface area contributed by atoms with E-state index < -0.39 is 0 Å². The Morgan fingerprint density at radius 1 is 1.24 bits per heavy atom. The maximum absolute atomic E-state index is 11.7. The van der Waals surface area contributed by atoms with Crippen molar-refractivity contribution in [3.8, 4) is 5.75 Å². The molecule has 1 aromatic heterocycles. The van der Waals surface area contributed by atoms with Crippen LogP contribution in [-0.2, 0) is 17.6 Å². The molecule has 21 heavy (non-hydrogen) atoms. The van der Waals surface area contributed by atoms with E-state index in [1.807, 2.05) is 48.7 Å². The highest BCUT2D eigenvalue weighted by Crippen LogP contribution is 2.12. The summed E-state index contributed by atoms with van der Waals surface area (Å²) in [5.41, 5.74) is 4.58. The van der Waals surface area contributed by atoms with Crippen molar-refractivity contribution in [1.82, 2.24) is 5.43 Å². The predicted molar refractivity (Wildman–Crippen MR) is 86.0 cm³/mol. The smallest absolute Gasteiger partial charge is 0.245 e. The largest absolute Gasteiger partial charge is 0.497 e. The van der Waals surface area contributed by atoms with Gasteiger partial charge in [-0.3, -0.25) is 4.79 Å². The van der Waals surface area contributed by atoms with Crippen molar-refractivity contribution < 1.29 is 9.53 Å². The molecule has 0 spiro atoms. The summed E-state index contributed by atoms with van der Waals surface area (Å²) >= 11 is 1.57. The van der Waals surface area contributed by atoms with E-state index in [-0.39, 0.29) is 5.91 Å². The van der Waals surface area contributed by atoms with Crippen molar-refractivity contribution in [3.05, 3.63) is 52.2 Å². The summed E-state index contributed by atoms with van der Waals surface area (Å²) < 4.78 is 5.12. The van der Waals surface area contributed by atoms with Gasteiger partial charge in [-0.2, -0.15) is 5.10 Å². The Labute approximate surface area is 128 Å². The Morgan fingerprint density at radius 2 is 2.00 bits per heavy atom. The molecule has 0 aliphatic carbocycles. The molecule has 0 fully saturated rings. The first-order valence-corrected chi connectivity index (χ1v) is 7.52. The van der Waals surface area contributed by atoms with Crippen LogP contribution in [0.3, 0.4) is 0 Å². The zero-order valence-corrected chi connectivity index (χ0v) is 12.9. The summed E-state index contributed by atoms with van der Waals surface area (Å²) in [6.45, 7) is 1.90. The zero-order chi connectivity index (χ0) is 15.1. The molecule has 5 heteroatoms. The number of amides is 1. The monoisotopic (exact) mass is 302 g/mol. The minimum Gasteiger partial charge on any atom is -0.497 e. The number of nitrogens with zero attached hydrogens (tertiary/aromatic N) is 1. The fourth-order valence-corrected chi connectivity index (χ4v) is 2.55. The number of rotatable bonds is 6. The SMILES string of the molecule is COc1ccc(C/C(C)=N\NC(=O)Cc2cccs2)cc1. The van der Waals surface area contributed by atoms with Gasteiger partial charge in [0.1, 0.15) is 5.75 Å². The lowest BCUT2D eigenvalue weighted by Crippen LogP contribution is -2.21. The lowest BCUT2D eigenvalue weighted by Gasteiger charge is -2.04. The molecular weight excluding hydrogens is 284 g/mol. The average Bonchev–Trinajstić information content (AvgIpc) is 2.99. The Balaban J connectivity index is 1.84. The van der Waals surface area contributed by atoms with Crippen molar-refractivity contribution in [2.75, 3.05) is 7.11 Å². The van der Waals surface area contributed by atoms with Gasteiger partial charge in [-0.15, -0.1) is 11.3 Å². The number of benzene rings is 1. The number of hydrogen-bond donors (Lipinski definition) is 1. The number of carbonyl (C=O) groups is 1. The molecule has 0 atom stereocenters. The van der Waals surface area contributed by atoms with E-state index in [4.69, 9.17) is 4.74 Å². The van der Waals surface area contributed by atoms with E-state index in [1.54, 1.807) is 18.4 Å². The highest BCUT2D eigenvalue weighted by Gasteiger charge is 2.03. The first-order valence-electron chi connectivity index (χ1n) is 6.64. The minimum atomic E-state index is -0.0912. The third-order valence-electron chi connectivity index (χ3n) is 2.91.